The molecule has 0 radical (unpaired) electrons. The summed E-state index contributed by atoms with van der Waals surface area (Å²) in [5.74, 6) is -2.03. The first-order chi connectivity index (χ1) is 6.67. The minimum Gasteiger partial charge on any atom is -0.379 e. The summed E-state index contributed by atoms with van der Waals surface area (Å²) in [5.41, 5.74) is 0. The highest BCUT2D eigenvalue weighted by Gasteiger charge is 2.37. The molecule has 0 spiro atoms. The first kappa shape index (κ1) is 13.1. The van der Waals surface area contributed by atoms with Crippen molar-refractivity contribution in [3.8, 4) is 0 Å². The van der Waals surface area contributed by atoms with Crippen molar-refractivity contribution in [1.82, 2.24) is 5.32 Å². The SMILES string of the molecule is Cl.FC1(F)CCC(C2COCCN2)CC1. The van der Waals surface area contributed by atoms with Crippen molar-refractivity contribution in [3.63, 3.8) is 0 Å². The predicted molar refractivity (Wildman–Crippen MR) is 56.8 cm³/mol. The molecule has 1 saturated heterocycles. The smallest absolute Gasteiger partial charge is 0.248 e. The van der Waals surface area contributed by atoms with Crippen LogP contribution in [-0.2, 0) is 4.74 Å². The number of ether oxygens (including phenoxy) is 1. The summed E-state index contributed by atoms with van der Waals surface area (Å²) in [7, 11) is 0. The lowest BCUT2D eigenvalue weighted by Gasteiger charge is -2.36. The van der Waals surface area contributed by atoms with Crippen molar-refractivity contribution < 1.29 is 13.5 Å². The lowest BCUT2D eigenvalue weighted by molar-refractivity contribution is -0.0570. The second-order valence-electron chi connectivity index (χ2n) is 4.33. The molecule has 0 aromatic heterocycles. The summed E-state index contributed by atoms with van der Waals surface area (Å²) >= 11 is 0. The van der Waals surface area contributed by atoms with E-state index in [0.717, 1.165) is 13.2 Å². The average molecular weight is 242 g/mol. The minimum atomic E-state index is -2.41. The molecule has 2 rings (SSSR count). The predicted octanol–water partition coefficient (Wildman–Crippen LogP) is 2.22. The molecule has 90 valence electrons. The maximum atomic E-state index is 12.9. The van der Waals surface area contributed by atoms with Crippen LogP contribution in [0.15, 0.2) is 0 Å². The number of alkyl halides is 2. The van der Waals surface area contributed by atoms with Crippen LogP contribution in [-0.4, -0.2) is 31.7 Å². The lowest BCUT2D eigenvalue weighted by atomic mass is 9.82. The molecule has 2 aliphatic rings. The van der Waals surface area contributed by atoms with Crippen molar-refractivity contribution in [2.75, 3.05) is 19.8 Å². The number of morpholine rings is 1. The van der Waals surface area contributed by atoms with Gasteiger partial charge in [0.2, 0.25) is 5.92 Å². The van der Waals surface area contributed by atoms with E-state index in [0.29, 0.717) is 31.4 Å². The summed E-state index contributed by atoms with van der Waals surface area (Å²) < 4.78 is 31.1. The third-order valence-corrected chi connectivity index (χ3v) is 3.28. The van der Waals surface area contributed by atoms with Gasteiger partial charge in [0.25, 0.3) is 0 Å². The Labute approximate surface area is 95.2 Å². The Morgan fingerprint density at radius 2 is 1.87 bits per heavy atom. The van der Waals surface area contributed by atoms with Crippen molar-refractivity contribution in [1.29, 1.82) is 0 Å². The molecular weight excluding hydrogens is 224 g/mol. The van der Waals surface area contributed by atoms with Crippen LogP contribution in [0.25, 0.3) is 0 Å². The van der Waals surface area contributed by atoms with Gasteiger partial charge in [0, 0.05) is 25.4 Å². The first-order valence-electron chi connectivity index (χ1n) is 5.36. The van der Waals surface area contributed by atoms with Gasteiger partial charge in [-0.05, 0) is 18.8 Å². The maximum absolute atomic E-state index is 12.9. The molecule has 15 heavy (non-hydrogen) atoms. The van der Waals surface area contributed by atoms with Gasteiger partial charge in [0.1, 0.15) is 0 Å². The molecule has 1 aliphatic heterocycles. The molecule has 0 aromatic rings. The monoisotopic (exact) mass is 241 g/mol. The summed E-state index contributed by atoms with van der Waals surface area (Å²) in [6.45, 7) is 2.30. The van der Waals surface area contributed by atoms with Gasteiger partial charge in [-0.3, -0.25) is 0 Å². The molecule has 1 heterocycles. The van der Waals surface area contributed by atoms with E-state index < -0.39 is 5.92 Å². The Morgan fingerprint density at radius 1 is 1.20 bits per heavy atom. The number of hydrogen-bond acceptors (Lipinski definition) is 2. The van der Waals surface area contributed by atoms with Gasteiger partial charge in [-0.25, -0.2) is 8.78 Å². The first-order valence-corrected chi connectivity index (χ1v) is 5.36. The molecule has 1 atom stereocenters. The summed E-state index contributed by atoms with van der Waals surface area (Å²) in [4.78, 5) is 0. The number of nitrogens with one attached hydrogen (secondary N) is 1. The Bertz CT molecular complexity index is 188. The number of rotatable bonds is 1. The maximum Gasteiger partial charge on any atom is 0.248 e. The van der Waals surface area contributed by atoms with Gasteiger partial charge in [-0.1, -0.05) is 0 Å². The van der Waals surface area contributed by atoms with E-state index in [1.165, 1.54) is 0 Å². The molecule has 0 aromatic carbocycles. The van der Waals surface area contributed by atoms with E-state index in [4.69, 9.17) is 4.74 Å². The highest BCUT2D eigenvalue weighted by Crippen LogP contribution is 2.37. The van der Waals surface area contributed by atoms with Crippen LogP contribution in [0.5, 0.6) is 0 Å². The Morgan fingerprint density at radius 3 is 2.40 bits per heavy atom. The second-order valence-corrected chi connectivity index (χ2v) is 4.33. The molecule has 1 saturated carbocycles. The van der Waals surface area contributed by atoms with Gasteiger partial charge in [-0.2, -0.15) is 0 Å². The van der Waals surface area contributed by atoms with E-state index in [2.05, 4.69) is 5.32 Å². The summed E-state index contributed by atoms with van der Waals surface area (Å²) in [6, 6.07) is 0.305. The Balaban J connectivity index is 0.00000112. The van der Waals surface area contributed by atoms with E-state index in [-0.39, 0.29) is 25.2 Å². The molecular formula is C10H18ClF2NO. The van der Waals surface area contributed by atoms with Gasteiger partial charge in [-0.15, -0.1) is 12.4 Å². The molecule has 1 N–H and O–H groups in total. The molecule has 0 amide bonds. The van der Waals surface area contributed by atoms with Crippen LogP contribution < -0.4 is 5.32 Å². The van der Waals surface area contributed by atoms with Crippen molar-refractivity contribution in [3.05, 3.63) is 0 Å². The largest absolute Gasteiger partial charge is 0.379 e. The van der Waals surface area contributed by atoms with Crippen molar-refractivity contribution >= 4 is 12.4 Å². The molecule has 5 heteroatoms. The van der Waals surface area contributed by atoms with Crippen molar-refractivity contribution in [2.45, 2.75) is 37.6 Å². The second kappa shape index (κ2) is 5.41. The third kappa shape index (κ3) is 3.54. The topological polar surface area (TPSA) is 21.3 Å². The zero-order chi connectivity index (χ0) is 10.0. The van der Waals surface area contributed by atoms with Gasteiger partial charge in [0.15, 0.2) is 0 Å². The standard InChI is InChI=1S/C10H17F2NO.ClH/c11-10(12)3-1-8(2-4-10)9-7-14-6-5-13-9;/h8-9,13H,1-7H2;1H. The van der Waals surface area contributed by atoms with E-state index in [9.17, 15) is 8.78 Å². The summed E-state index contributed by atoms with van der Waals surface area (Å²) in [6.07, 6.45) is 1.37. The van der Waals surface area contributed by atoms with Crippen LogP contribution in [0.3, 0.4) is 0 Å². The zero-order valence-corrected chi connectivity index (χ0v) is 9.49. The van der Waals surface area contributed by atoms with E-state index in [1.54, 1.807) is 0 Å². The van der Waals surface area contributed by atoms with Gasteiger partial charge >= 0.3 is 0 Å². The average Bonchev–Trinajstić information content (AvgIpc) is 2.19. The van der Waals surface area contributed by atoms with Gasteiger partial charge < -0.3 is 10.1 Å². The van der Waals surface area contributed by atoms with Crippen LogP contribution in [0, 0.1) is 5.92 Å². The highest BCUT2D eigenvalue weighted by molar-refractivity contribution is 5.85. The fourth-order valence-corrected chi connectivity index (χ4v) is 2.35. The normalized spacial score (nSPS) is 32.0. The number of hydrogen-bond donors (Lipinski definition) is 1. The molecule has 1 unspecified atom stereocenters. The summed E-state index contributed by atoms with van der Waals surface area (Å²) in [5, 5.41) is 3.35. The molecule has 0 bridgehead atoms. The molecule has 2 nitrogen and oxygen atoms in total. The lowest BCUT2D eigenvalue weighted by Crippen LogP contribution is -2.47. The van der Waals surface area contributed by atoms with Crippen molar-refractivity contribution in [2.24, 2.45) is 5.92 Å². The van der Waals surface area contributed by atoms with E-state index >= 15 is 0 Å². The Hall–Kier alpha value is 0.0700. The van der Waals surface area contributed by atoms with Crippen LogP contribution in [0.2, 0.25) is 0 Å². The minimum absolute atomic E-state index is 0. The fourth-order valence-electron chi connectivity index (χ4n) is 2.35. The van der Waals surface area contributed by atoms with Crippen LogP contribution in [0.1, 0.15) is 25.7 Å². The van der Waals surface area contributed by atoms with Crippen LogP contribution in [0.4, 0.5) is 8.78 Å². The molecule has 2 fully saturated rings. The fraction of sp³-hybridized carbons (Fsp3) is 1.00. The zero-order valence-electron chi connectivity index (χ0n) is 8.68. The Kier molecular flexibility index (Phi) is 4.74. The van der Waals surface area contributed by atoms with Gasteiger partial charge in [0.05, 0.1) is 13.2 Å². The van der Waals surface area contributed by atoms with E-state index in [1.807, 2.05) is 0 Å². The number of halogens is 3. The molecule has 1 aliphatic carbocycles. The van der Waals surface area contributed by atoms with Crippen LogP contribution >= 0.6 is 12.4 Å². The quantitative estimate of drug-likeness (QED) is 0.760. The highest BCUT2D eigenvalue weighted by atomic mass is 35.5. The third-order valence-electron chi connectivity index (χ3n) is 3.28.